The molecule has 4 nitrogen and oxygen atoms in total. The molecule has 1 aliphatic carbocycles. The van der Waals surface area contributed by atoms with Crippen molar-refractivity contribution < 1.29 is 4.79 Å². The molecule has 0 spiro atoms. The molecule has 118 valence electrons. The standard InChI is InChI=1S/C17H29N3O/c21-17(16-15-7-3-5-13(15)11-18-16)20-10-4-6-14(12-20)19-8-1-2-9-19/h13-16,18H,1-12H2. The summed E-state index contributed by atoms with van der Waals surface area (Å²) in [6, 6.07) is 0.765. The highest BCUT2D eigenvalue weighted by atomic mass is 16.2. The molecule has 4 atom stereocenters. The van der Waals surface area contributed by atoms with Crippen LogP contribution >= 0.6 is 0 Å². The first kappa shape index (κ1) is 14.0. The van der Waals surface area contributed by atoms with Crippen LogP contribution < -0.4 is 5.32 Å². The Morgan fingerprint density at radius 1 is 0.952 bits per heavy atom. The average molecular weight is 291 g/mol. The van der Waals surface area contributed by atoms with Gasteiger partial charge in [-0.15, -0.1) is 0 Å². The van der Waals surface area contributed by atoms with Crippen LogP contribution in [-0.4, -0.2) is 60.5 Å². The van der Waals surface area contributed by atoms with Crippen LogP contribution in [0.4, 0.5) is 0 Å². The molecule has 4 aliphatic rings. The fourth-order valence-electron chi connectivity index (χ4n) is 5.21. The van der Waals surface area contributed by atoms with Crippen molar-refractivity contribution >= 4 is 5.91 Å². The van der Waals surface area contributed by atoms with Gasteiger partial charge in [0.05, 0.1) is 6.04 Å². The van der Waals surface area contributed by atoms with E-state index in [1.807, 2.05) is 0 Å². The first-order valence-electron chi connectivity index (χ1n) is 9.09. The molecule has 3 aliphatic heterocycles. The number of hydrogen-bond acceptors (Lipinski definition) is 3. The molecule has 3 saturated heterocycles. The molecule has 4 unspecified atom stereocenters. The van der Waals surface area contributed by atoms with Crippen LogP contribution in [0, 0.1) is 11.8 Å². The van der Waals surface area contributed by atoms with Gasteiger partial charge in [0.2, 0.25) is 5.91 Å². The topological polar surface area (TPSA) is 35.6 Å². The highest BCUT2D eigenvalue weighted by molar-refractivity contribution is 5.83. The third-order valence-electron chi connectivity index (χ3n) is 6.38. The van der Waals surface area contributed by atoms with E-state index in [0.717, 1.165) is 25.6 Å². The Bertz CT molecular complexity index is 393. The second-order valence-electron chi connectivity index (χ2n) is 7.56. The van der Waals surface area contributed by atoms with Crippen molar-refractivity contribution in [3.8, 4) is 0 Å². The Hall–Kier alpha value is -0.610. The summed E-state index contributed by atoms with van der Waals surface area (Å²) in [6.45, 7) is 5.54. The van der Waals surface area contributed by atoms with Gasteiger partial charge in [-0.1, -0.05) is 6.42 Å². The molecule has 3 heterocycles. The predicted octanol–water partition coefficient (Wildman–Crippen LogP) is 1.46. The number of carbonyl (C=O) groups is 1. The maximum absolute atomic E-state index is 12.9. The minimum atomic E-state index is 0.134. The molecule has 0 aromatic heterocycles. The van der Waals surface area contributed by atoms with Crippen LogP contribution in [0.5, 0.6) is 0 Å². The molecule has 0 radical (unpaired) electrons. The van der Waals surface area contributed by atoms with Gasteiger partial charge in [0, 0.05) is 19.1 Å². The monoisotopic (exact) mass is 291 g/mol. The molecule has 21 heavy (non-hydrogen) atoms. The van der Waals surface area contributed by atoms with E-state index in [4.69, 9.17) is 0 Å². The van der Waals surface area contributed by atoms with Gasteiger partial charge >= 0.3 is 0 Å². The zero-order chi connectivity index (χ0) is 14.2. The van der Waals surface area contributed by atoms with Crippen LogP contribution in [0.3, 0.4) is 0 Å². The summed E-state index contributed by atoms with van der Waals surface area (Å²) in [6.07, 6.45) is 9.09. The zero-order valence-corrected chi connectivity index (χ0v) is 13.1. The van der Waals surface area contributed by atoms with Crippen LogP contribution in [0.2, 0.25) is 0 Å². The summed E-state index contributed by atoms with van der Waals surface area (Å²) < 4.78 is 0. The van der Waals surface area contributed by atoms with E-state index >= 15 is 0 Å². The molecular formula is C17H29N3O. The van der Waals surface area contributed by atoms with Crippen molar-refractivity contribution in [3.05, 3.63) is 0 Å². The van der Waals surface area contributed by atoms with Crippen molar-refractivity contribution in [2.75, 3.05) is 32.7 Å². The number of piperidine rings is 1. The number of rotatable bonds is 2. The van der Waals surface area contributed by atoms with E-state index in [9.17, 15) is 4.79 Å². The summed E-state index contributed by atoms with van der Waals surface area (Å²) in [4.78, 5) is 17.8. The fraction of sp³-hybridized carbons (Fsp3) is 0.941. The fourth-order valence-corrected chi connectivity index (χ4v) is 5.21. The Labute approximate surface area is 128 Å². The molecule has 4 fully saturated rings. The highest BCUT2D eigenvalue weighted by Gasteiger charge is 2.44. The number of hydrogen-bond donors (Lipinski definition) is 1. The smallest absolute Gasteiger partial charge is 0.240 e. The van der Waals surface area contributed by atoms with Gasteiger partial charge in [0.15, 0.2) is 0 Å². The highest BCUT2D eigenvalue weighted by Crippen LogP contribution is 2.38. The zero-order valence-electron chi connectivity index (χ0n) is 13.1. The summed E-state index contributed by atoms with van der Waals surface area (Å²) in [7, 11) is 0. The van der Waals surface area contributed by atoms with Crippen LogP contribution in [0.1, 0.15) is 44.9 Å². The summed E-state index contributed by atoms with van der Waals surface area (Å²) in [5, 5.41) is 3.54. The molecule has 0 aromatic carbocycles. The maximum atomic E-state index is 12.9. The number of nitrogens with zero attached hydrogens (tertiary/aromatic N) is 2. The second-order valence-corrected chi connectivity index (χ2v) is 7.56. The predicted molar refractivity (Wildman–Crippen MR) is 83.0 cm³/mol. The molecule has 1 N–H and O–H groups in total. The Morgan fingerprint density at radius 2 is 1.81 bits per heavy atom. The van der Waals surface area contributed by atoms with Gasteiger partial charge in [-0.3, -0.25) is 9.69 Å². The SMILES string of the molecule is O=C(C1NCC2CCCC21)N1CCCC(N2CCCC2)C1. The van der Waals surface area contributed by atoms with Gasteiger partial charge in [-0.05, 0) is 70.0 Å². The van der Waals surface area contributed by atoms with E-state index in [1.165, 1.54) is 58.0 Å². The van der Waals surface area contributed by atoms with Crippen molar-refractivity contribution in [1.29, 1.82) is 0 Å². The van der Waals surface area contributed by atoms with Crippen molar-refractivity contribution in [1.82, 2.24) is 15.1 Å². The summed E-state index contributed by atoms with van der Waals surface area (Å²) >= 11 is 0. The molecular weight excluding hydrogens is 262 g/mol. The second kappa shape index (κ2) is 5.88. The number of carbonyl (C=O) groups excluding carboxylic acids is 1. The summed E-state index contributed by atoms with van der Waals surface area (Å²) in [5.41, 5.74) is 0. The lowest BCUT2D eigenvalue weighted by Crippen LogP contribution is -2.54. The molecule has 4 heteroatoms. The number of nitrogens with one attached hydrogen (secondary N) is 1. The lowest BCUT2D eigenvalue weighted by molar-refractivity contribution is -0.136. The Kier molecular flexibility index (Phi) is 3.92. The van der Waals surface area contributed by atoms with Crippen LogP contribution in [-0.2, 0) is 4.79 Å². The maximum Gasteiger partial charge on any atom is 0.240 e. The van der Waals surface area contributed by atoms with E-state index < -0.39 is 0 Å². The number of likely N-dealkylation sites (tertiary alicyclic amines) is 2. The van der Waals surface area contributed by atoms with E-state index in [0.29, 0.717) is 17.9 Å². The number of amides is 1. The molecule has 1 saturated carbocycles. The lowest BCUT2D eigenvalue weighted by atomic mass is 9.92. The van der Waals surface area contributed by atoms with E-state index in [1.54, 1.807) is 0 Å². The quantitative estimate of drug-likeness (QED) is 0.837. The molecule has 1 amide bonds. The van der Waals surface area contributed by atoms with Gasteiger partial charge in [0.25, 0.3) is 0 Å². The van der Waals surface area contributed by atoms with Crippen LogP contribution in [0.15, 0.2) is 0 Å². The van der Waals surface area contributed by atoms with Gasteiger partial charge in [0.1, 0.15) is 0 Å². The van der Waals surface area contributed by atoms with E-state index in [-0.39, 0.29) is 6.04 Å². The van der Waals surface area contributed by atoms with Crippen molar-refractivity contribution in [2.45, 2.75) is 57.0 Å². The Morgan fingerprint density at radius 3 is 2.67 bits per heavy atom. The molecule has 0 bridgehead atoms. The normalized spacial score (nSPS) is 40.7. The van der Waals surface area contributed by atoms with Gasteiger partial charge in [-0.25, -0.2) is 0 Å². The van der Waals surface area contributed by atoms with Crippen LogP contribution in [0.25, 0.3) is 0 Å². The first-order valence-corrected chi connectivity index (χ1v) is 9.09. The van der Waals surface area contributed by atoms with Crippen molar-refractivity contribution in [3.63, 3.8) is 0 Å². The lowest BCUT2D eigenvalue weighted by Gasteiger charge is -2.39. The third-order valence-corrected chi connectivity index (χ3v) is 6.38. The van der Waals surface area contributed by atoms with Crippen molar-refractivity contribution in [2.24, 2.45) is 11.8 Å². The minimum Gasteiger partial charge on any atom is -0.340 e. The largest absolute Gasteiger partial charge is 0.340 e. The third kappa shape index (κ3) is 2.61. The first-order chi connectivity index (χ1) is 10.3. The molecule has 0 aromatic rings. The summed E-state index contributed by atoms with van der Waals surface area (Å²) in [5.74, 6) is 1.82. The minimum absolute atomic E-state index is 0.134. The van der Waals surface area contributed by atoms with E-state index in [2.05, 4.69) is 15.1 Å². The number of fused-ring (bicyclic) bond motifs is 1. The van der Waals surface area contributed by atoms with Gasteiger partial charge in [-0.2, -0.15) is 0 Å². The molecule has 4 rings (SSSR count). The van der Waals surface area contributed by atoms with Gasteiger partial charge < -0.3 is 10.2 Å². The average Bonchev–Trinajstić information content (AvgIpc) is 3.23. The Balaban J connectivity index is 1.39.